The van der Waals surface area contributed by atoms with Gasteiger partial charge < -0.3 is 15.2 Å². The molecule has 0 spiro atoms. The van der Waals surface area contributed by atoms with Gasteiger partial charge in [0.15, 0.2) is 5.69 Å². The molecule has 1 aromatic rings. The topological polar surface area (TPSA) is 84.3 Å². The van der Waals surface area contributed by atoms with Crippen molar-refractivity contribution in [2.24, 2.45) is 5.92 Å². The van der Waals surface area contributed by atoms with E-state index in [-0.39, 0.29) is 18.2 Å². The standard InChI is InChI=1S/C10H15N3O3/c1-7(6-14)5-11-9-4-3-8(12-13-9)10(15)16-2/h3-4,7,14H,5-6H2,1-2H3,(H,11,13). The molecule has 0 aliphatic rings. The van der Waals surface area contributed by atoms with Crippen molar-refractivity contribution in [1.82, 2.24) is 10.2 Å². The van der Waals surface area contributed by atoms with Crippen LogP contribution in [0.1, 0.15) is 17.4 Å². The van der Waals surface area contributed by atoms with Crippen LogP contribution in [0.3, 0.4) is 0 Å². The summed E-state index contributed by atoms with van der Waals surface area (Å²) in [4.78, 5) is 11.1. The van der Waals surface area contributed by atoms with Gasteiger partial charge in [-0.25, -0.2) is 4.79 Å². The van der Waals surface area contributed by atoms with Gasteiger partial charge in [0.25, 0.3) is 0 Å². The van der Waals surface area contributed by atoms with E-state index in [0.29, 0.717) is 12.4 Å². The highest BCUT2D eigenvalue weighted by molar-refractivity contribution is 5.86. The molecule has 0 saturated heterocycles. The van der Waals surface area contributed by atoms with Gasteiger partial charge in [0.2, 0.25) is 0 Å². The van der Waals surface area contributed by atoms with Crippen LogP contribution >= 0.6 is 0 Å². The molecule has 1 unspecified atom stereocenters. The molecule has 0 saturated carbocycles. The minimum Gasteiger partial charge on any atom is -0.464 e. The lowest BCUT2D eigenvalue weighted by atomic mass is 10.2. The fourth-order valence-electron chi connectivity index (χ4n) is 0.983. The van der Waals surface area contributed by atoms with E-state index in [1.54, 1.807) is 6.07 Å². The molecule has 0 radical (unpaired) electrons. The highest BCUT2D eigenvalue weighted by atomic mass is 16.5. The molecule has 0 bridgehead atoms. The number of anilines is 1. The zero-order chi connectivity index (χ0) is 12.0. The molecule has 1 heterocycles. The molecule has 0 aliphatic carbocycles. The first-order valence-corrected chi connectivity index (χ1v) is 4.94. The number of nitrogens with zero attached hydrogens (tertiary/aromatic N) is 2. The molecule has 1 rings (SSSR count). The Labute approximate surface area is 93.6 Å². The van der Waals surface area contributed by atoms with E-state index >= 15 is 0 Å². The Morgan fingerprint density at radius 3 is 2.81 bits per heavy atom. The Hall–Kier alpha value is -1.69. The number of aliphatic hydroxyl groups excluding tert-OH is 1. The van der Waals surface area contributed by atoms with Crippen LogP contribution < -0.4 is 5.32 Å². The van der Waals surface area contributed by atoms with Crippen molar-refractivity contribution in [3.8, 4) is 0 Å². The summed E-state index contributed by atoms with van der Waals surface area (Å²) in [6.07, 6.45) is 0. The Morgan fingerprint density at radius 2 is 2.31 bits per heavy atom. The quantitative estimate of drug-likeness (QED) is 0.701. The molecule has 0 aromatic carbocycles. The van der Waals surface area contributed by atoms with Gasteiger partial charge in [-0.2, -0.15) is 0 Å². The van der Waals surface area contributed by atoms with Crippen molar-refractivity contribution in [3.63, 3.8) is 0 Å². The molecule has 6 nitrogen and oxygen atoms in total. The van der Waals surface area contributed by atoms with Gasteiger partial charge in [0.1, 0.15) is 5.82 Å². The fourth-order valence-corrected chi connectivity index (χ4v) is 0.983. The van der Waals surface area contributed by atoms with E-state index in [1.807, 2.05) is 6.92 Å². The van der Waals surface area contributed by atoms with Gasteiger partial charge in [-0.3, -0.25) is 0 Å². The average molecular weight is 225 g/mol. The summed E-state index contributed by atoms with van der Waals surface area (Å²) in [5.41, 5.74) is 0.170. The first-order chi connectivity index (χ1) is 7.67. The van der Waals surface area contributed by atoms with Crippen molar-refractivity contribution in [2.45, 2.75) is 6.92 Å². The largest absolute Gasteiger partial charge is 0.464 e. The summed E-state index contributed by atoms with van der Waals surface area (Å²) in [5.74, 6) is 0.192. The zero-order valence-electron chi connectivity index (χ0n) is 9.30. The number of carbonyl (C=O) groups excluding carboxylic acids is 1. The van der Waals surface area contributed by atoms with Crippen molar-refractivity contribution >= 4 is 11.8 Å². The van der Waals surface area contributed by atoms with E-state index in [0.717, 1.165) is 0 Å². The number of nitrogens with one attached hydrogen (secondary N) is 1. The first kappa shape index (κ1) is 12.4. The van der Waals surface area contributed by atoms with Gasteiger partial charge in [-0.05, 0) is 18.1 Å². The molecule has 0 aliphatic heterocycles. The number of aliphatic hydroxyl groups is 1. The number of ether oxygens (including phenoxy) is 1. The number of hydrogen-bond donors (Lipinski definition) is 2. The number of rotatable bonds is 5. The monoisotopic (exact) mass is 225 g/mol. The third-order valence-electron chi connectivity index (χ3n) is 2.00. The Bertz CT molecular complexity index is 340. The lowest BCUT2D eigenvalue weighted by molar-refractivity contribution is 0.0593. The smallest absolute Gasteiger partial charge is 0.358 e. The predicted octanol–water partition coefficient (Wildman–Crippen LogP) is 0.303. The first-order valence-electron chi connectivity index (χ1n) is 4.94. The van der Waals surface area contributed by atoms with Crippen molar-refractivity contribution in [3.05, 3.63) is 17.8 Å². The van der Waals surface area contributed by atoms with Crippen molar-refractivity contribution in [2.75, 3.05) is 25.6 Å². The second-order valence-corrected chi connectivity index (χ2v) is 3.46. The molecular formula is C10H15N3O3. The SMILES string of the molecule is COC(=O)c1ccc(NCC(C)CO)nn1. The second-order valence-electron chi connectivity index (χ2n) is 3.46. The van der Waals surface area contributed by atoms with E-state index in [2.05, 4.69) is 20.3 Å². The summed E-state index contributed by atoms with van der Waals surface area (Å²) < 4.78 is 4.50. The molecule has 16 heavy (non-hydrogen) atoms. The van der Waals surface area contributed by atoms with Gasteiger partial charge >= 0.3 is 5.97 Å². The lowest BCUT2D eigenvalue weighted by Gasteiger charge is -2.09. The van der Waals surface area contributed by atoms with Crippen LogP contribution in [0.25, 0.3) is 0 Å². The van der Waals surface area contributed by atoms with Crippen LogP contribution in [0.5, 0.6) is 0 Å². The van der Waals surface area contributed by atoms with Crippen LogP contribution in [0.2, 0.25) is 0 Å². The fraction of sp³-hybridized carbons (Fsp3) is 0.500. The molecule has 1 aromatic heterocycles. The molecule has 2 N–H and O–H groups in total. The highest BCUT2D eigenvalue weighted by Crippen LogP contribution is 2.04. The van der Waals surface area contributed by atoms with E-state index in [4.69, 9.17) is 5.11 Å². The lowest BCUT2D eigenvalue weighted by Crippen LogP contribution is -2.16. The maximum atomic E-state index is 11.1. The molecule has 88 valence electrons. The minimum absolute atomic E-state index is 0.112. The molecular weight excluding hydrogens is 210 g/mol. The number of aromatic nitrogens is 2. The Morgan fingerprint density at radius 1 is 1.56 bits per heavy atom. The third kappa shape index (κ3) is 3.47. The van der Waals surface area contributed by atoms with Gasteiger partial charge in [0, 0.05) is 13.2 Å². The highest BCUT2D eigenvalue weighted by Gasteiger charge is 2.07. The maximum Gasteiger partial charge on any atom is 0.358 e. The summed E-state index contributed by atoms with van der Waals surface area (Å²) in [7, 11) is 1.29. The summed E-state index contributed by atoms with van der Waals surface area (Å²) >= 11 is 0. The Kier molecular flexibility index (Phi) is 4.65. The molecule has 1 atom stereocenters. The number of carbonyl (C=O) groups is 1. The van der Waals surface area contributed by atoms with Crippen molar-refractivity contribution < 1.29 is 14.6 Å². The summed E-state index contributed by atoms with van der Waals surface area (Å²) in [5, 5.41) is 19.3. The predicted molar refractivity (Wildman–Crippen MR) is 58.1 cm³/mol. The van der Waals surface area contributed by atoms with Crippen LogP contribution in [-0.2, 0) is 4.74 Å². The minimum atomic E-state index is -0.511. The van der Waals surface area contributed by atoms with Gasteiger partial charge in [-0.15, -0.1) is 10.2 Å². The molecule has 0 fully saturated rings. The maximum absolute atomic E-state index is 11.1. The number of methoxy groups -OCH3 is 1. The van der Waals surface area contributed by atoms with E-state index < -0.39 is 5.97 Å². The normalized spacial score (nSPS) is 11.9. The average Bonchev–Trinajstić information content (AvgIpc) is 2.35. The number of hydrogen-bond acceptors (Lipinski definition) is 6. The van der Waals surface area contributed by atoms with Crippen LogP contribution in [0.15, 0.2) is 12.1 Å². The van der Waals surface area contributed by atoms with Gasteiger partial charge in [0.05, 0.1) is 7.11 Å². The van der Waals surface area contributed by atoms with Crippen LogP contribution in [0, 0.1) is 5.92 Å². The Balaban J connectivity index is 2.54. The zero-order valence-corrected chi connectivity index (χ0v) is 9.30. The summed E-state index contributed by atoms with van der Waals surface area (Å²) in [6, 6.07) is 3.17. The van der Waals surface area contributed by atoms with Gasteiger partial charge in [-0.1, -0.05) is 6.92 Å². The van der Waals surface area contributed by atoms with Crippen LogP contribution in [0.4, 0.5) is 5.82 Å². The summed E-state index contributed by atoms with van der Waals surface area (Å²) in [6.45, 7) is 2.62. The van der Waals surface area contributed by atoms with E-state index in [1.165, 1.54) is 13.2 Å². The second kappa shape index (κ2) is 6.02. The van der Waals surface area contributed by atoms with Crippen LogP contribution in [-0.4, -0.2) is 41.5 Å². The van der Waals surface area contributed by atoms with Crippen molar-refractivity contribution in [1.29, 1.82) is 0 Å². The third-order valence-corrected chi connectivity index (χ3v) is 2.00. The van der Waals surface area contributed by atoms with E-state index in [9.17, 15) is 4.79 Å². The number of esters is 1. The molecule has 0 amide bonds. The molecule has 6 heteroatoms.